The molecule has 1 aromatic rings. The van der Waals surface area contributed by atoms with Crippen molar-refractivity contribution in [2.45, 2.75) is 13.5 Å². The molecule has 0 saturated carbocycles. The molecule has 0 radical (unpaired) electrons. The summed E-state index contributed by atoms with van der Waals surface area (Å²) in [6.07, 6.45) is 0.183. The molecular weight excluding hydrogens is 134 g/mol. The number of nitrogens with two attached hydrogens (primary N) is 1. The van der Waals surface area contributed by atoms with E-state index in [1.807, 2.05) is 6.92 Å². The molecule has 0 aliphatic rings. The lowest BCUT2D eigenvalue weighted by Gasteiger charge is -1.89. The third kappa shape index (κ3) is 1.44. The van der Waals surface area contributed by atoms with Gasteiger partial charge in [0.1, 0.15) is 0 Å². The average molecular weight is 143 g/mol. The molecule has 0 amide bonds. The molecule has 0 saturated heterocycles. The summed E-state index contributed by atoms with van der Waals surface area (Å²) < 4.78 is 9.53. The van der Waals surface area contributed by atoms with E-state index < -0.39 is 0 Å². The van der Waals surface area contributed by atoms with Crippen LogP contribution < -0.4 is 10.5 Å². The van der Waals surface area contributed by atoms with E-state index in [9.17, 15) is 0 Å². The van der Waals surface area contributed by atoms with Crippen molar-refractivity contribution >= 4 is 0 Å². The Kier molecular flexibility index (Phi) is 2.22. The second-order valence-electron chi connectivity index (χ2n) is 1.61. The fourth-order valence-corrected chi connectivity index (χ4v) is 0.503. The molecule has 2 N–H and O–H groups in total. The summed E-state index contributed by atoms with van der Waals surface area (Å²) in [5.74, 6) is 0.462. The molecule has 1 heterocycles. The van der Waals surface area contributed by atoms with Gasteiger partial charge in [0.05, 0.1) is 13.2 Å². The summed E-state index contributed by atoms with van der Waals surface area (Å²) in [5, 5.41) is 3.52. The van der Waals surface area contributed by atoms with Gasteiger partial charge in [-0.1, -0.05) is 5.16 Å². The van der Waals surface area contributed by atoms with Gasteiger partial charge in [-0.3, -0.25) is 4.52 Å². The topological polar surface area (TPSA) is 74.2 Å². The predicted octanol–water partition coefficient (Wildman–Crippen LogP) is -0.0730. The maximum absolute atomic E-state index is 5.22. The van der Waals surface area contributed by atoms with Gasteiger partial charge in [-0.25, -0.2) is 0 Å². The summed E-state index contributed by atoms with van der Waals surface area (Å²) in [6.45, 7) is 2.63. The first-order chi connectivity index (χ1) is 4.86. The van der Waals surface area contributed by atoms with Crippen LogP contribution in [0.15, 0.2) is 4.52 Å². The molecule has 0 unspecified atom stereocenters. The van der Waals surface area contributed by atoms with Gasteiger partial charge in [0, 0.05) is 0 Å². The Bertz CT molecular complexity index is 199. The van der Waals surface area contributed by atoms with Gasteiger partial charge in [-0.15, -0.1) is 0 Å². The maximum atomic E-state index is 5.22. The summed E-state index contributed by atoms with van der Waals surface area (Å²) in [6, 6.07) is 0. The SMILES string of the molecule is CCOc1nc(CN)no1. The number of hydrogen-bond acceptors (Lipinski definition) is 5. The van der Waals surface area contributed by atoms with Crippen molar-refractivity contribution in [1.29, 1.82) is 0 Å². The quantitative estimate of drug-likeness (QED) is 0.640. The Morgan fingerprint density at radius 2 is 2.50 bits per heavy atom. The Hall–Kier alpha value is -1.10. The van der Waals surface area contributed by atoms with Crippen LogP contribution in [-0.4, -0.2) is 16.7 Å². The molecule has 0 atom stereocenters. The van der Waals surface area contributed by atoms with E-state index in [1.54, 1.807) is 0 Å². The van der Waals surface area contributed by atoms with Crippen LogP contribution in [0, 0.1) is 0 Å². The summed E-state index contributed by atoms with van der Waals surface area (Å²) in [5.41, 5.74) is 5.22. The Morgan fingerprint density at radius 3 is 3.00 bits per heavy atom. The number of rotatable bonds is 3. The van der Waals surface area contributed by atoms with E-state index in [2.05, 4.69) is 14.7 Å². The lowest BCUT2D eigenvalue weighted by atomic mass is 10.6. The maximum Gasteiger partial charge on any atom is 0.417 e. The van der Waals surface area contributed by atoms with Crippen molar-refractivity contribution in [2.75, 3.05) is 6.61 Å². The standard InChI is InChI=1S/C5H9N3O2/c1-2-9-5-7-4(3-6)8-10-5/h2-3,6H2,1H3. The highest BCUT2D eigenvalue weighted by atomic mass is 16.6. The normalized spacial score (nSPS) is 9.80. The molecule has 56 valence electrons. The fourth-order valence-electron chi connectivity index (χ4n) is 0.503. The van der Waals surface area contributed by atoms with Crippen LogP contribution in [0.1, 0.15) is 12.7 Å². The highest BCUT2D eigenvalue weighted by molar-refractivity contribution is 4.88. The van der Waals surface area contributed by atoms with Crippen molar-refractivity contribution in [3.05, 3.63) is 5.82 Å². The number of aromatic nitrogens is 2. The second-order valence-corrected chi connectivity index (χ2v) is 1.61. The van der Waals surface area contributed by atoms with Crippen LogP contribution in [0.5, 0.6) is 6.08 Å². The van der Waals surface area contributed by atoms with Crippen LogP contribution in [0.4, 0.5) is 0 Å². The molecule has 0 aromatic carbocycles. The largest absolute Gasteiger partial charge is 0.449 e. The average Bonchev–Trinajstić information content (AvgIpc) is 2.37. The highest BCUT2D eigenvalue weighted by Crippen LogP contribution is 2.04. The van der Waals surface area contributed by atoms with Crippen molar-refractivity contribution < 1.29 is 9.26 Å². The first-order valence-corrected chi connectivity index (χ1v) is 3.02. The first-order valence-electron chi connectivity index (χ1n) is 3.02. The molecule has 0 aliphatic heterocycles. The minimum Gasteiger partial charge on any atom is -0.449 e. The van der Waals surface area contributed by atoms with Gasteiger partial charge in [0.15, 0.2) is 5.82 Å². The lowest BCUT2D eigenvalue weighted by Crippen LogP contribution is -1.98. The molecule has 0 aliphatic carbocycles. The third-order valence-electron chi connectivity index (χ3n) is 0.900. The van der Waals surface area contributed by atoms with Crippen molar-refractivity contribution in [3.63, 3.8) is 0 Å². The van der Waals surface area contributed by atoms with E-state index in [0.29, 0.717) is 12.4 Å². The van der Waals surface area contributed by atoms with Gasteiger partial charge in [-0.05, 0) is 6.92 Å². The zero-order chi connectivity index (χ0) is 7.40. The van der Waals surface area contributed by atoms with Crippen LogP contribution >= 0.6 is 0 Å². The minimum absolute atomic E-state index is 0.183. The number of ether oxygens (including phenoxy) is 1. The Balaban J connectivity index is 2.59. The zero-order valence-electron chi connectivity index (χ0n) is 5.70. The Labute approximate surface area is 58.2 Å². The summed E-state index contributed by atoms with van der Waals surface area (Å²) in [7, 11) is 0. The van der Waals surface area contributed by atoms with E-state index in [4.69, 9.17) is 10.5 Å². The van der Waals surface area contributed by atoms with Gasteiger partial charge < -0.3 is 10.5 Å². The van der Waals surface area contributed by atoms with Gasteiger partial charge in [0.2, 0.25) is 0 Å². The molecular formula is C5H9N3O2. The fraction of sp³-hybridized carbons (Fsp3) is 0.600. The van der Waals surface area contributed by atoms with Crippen molar-refractivity contribution in [1.82, 2.24) is 10.1 Å². The van der Waals surface area contributed by atoms with Gasteiger partial charge >= 0.3 is 6.08 Å². The van der Waals surface area contributed by atoms with Crippen molar-refractivity contribution in [2.24, 2.45) is 5.73 Å². The van der Waals surface area contributed by atoms with Crippen LogP contribution in [-0.2, 0) is 6.54 Å². The summed E-state index contributed by atoms with van der Waals surface area (Å²) >= 11 is 0. The molecule has 5 nitrogen and oxygen atoms in total. The lowest BCUT2D eigenvalue weighted by molar-refractivity contribution is 0.215. The third-order valence-corrected chi connectivity index (χ3v) is 0.900. The molecule has 0 bridgehead atoms. The van der Waals surface area contributed by atoms with E-state index in [-0.39, 0.29) is 12.6 Å². The molecule has 5 heteroatoms. The van der Waals surface area contributed by atoms with E-state index >= 15 is 0 Å². The highest BCUT2D eigenvalue weighted by Gasteiger charge is 2.02. The second kappa shape index (κ2) is 3.17. The monoisotopic (exact) mass is 143 g/mol. The van der Waals surface area contributed by atoms with E-state index in [0.717, 1.165) is 0 Å². The van der Waals surface area contributed by atoms with Crippen LogP contribution in [0.25, 0.3) is 0 Å². The van der Waals surface area contributed by atoms with Crippen molar-refractivity contribution in [3.8, 4) is 6.08 Å². The predicted molar refractivity (Wildman–Crippen MR) is 33.4 cm³/mol. The summed E-state index contributed by atoms with van der Waals surface area (Å²) in [4.78, 5) is 3.79. The smallest absolute Gasteiger partial charge is 0.417 e. The van der Waals surface area contributed by atoms with Crippen LogP contribution in [0.2, 0.25) is 0 Å². The van der Waals surface area contributed by atoms with Gasteiger partial charge in [-0.2, -0.15) is 4.98 Å². The number of nitrogens with zero attached hydrogens (tertiary/aromatic N) is 2. The van der Waals surface area contributed by atoms with E-state index in [1.165, 1.54) is 0 Å². The first kappa shape index (κ1) is 7.01. The zero-order valence-corrected chi connectivity index (χ0v) is 5.70. The minimum atomic E-state index is 0.183. The number of hydrogen-bond donors (Lipinski definition) is 1. The van der Waals surface area contributed by atoms with Crippen LogP contribution in [0.3, 0.4) is 0 Å². The molecule has 0 spiro atoms. The molecule has 10 heavy (non-hydrogen) atoms. The van der Waals surface area contributed by atoms with Gasteiger partial charge in [0.25, 0.3) is 0 Å². The molecule has 1 rings (SSSR count). The Morgan fingerprint density at radius 1 is 1.70 bits per heavy atom. The molecule has 0 fully saturated rings. The molecule has 1 aromatic heterocycles.